The monoisotopic (exact) mass is 527 g/mol. The van der Waals surface area contributed by atoms with E-state index in [1.54, 1.807) is 6.08 Å². The molecule has 0 amide bonds. The number of halogens is 1. The molecule has 3 aliphatic rings. The Morgan fingerprint density at radius 2 is 1.85 bits per heavy atom. The van der Waals surface area contributed by atoms with Crippen molar-refractivity contribution >= 4 is 33.7 Å². The minimum Gasteiger partial charge on any atom is -0.507 e. The van der Waals surface area contributed by atoms with Gasteiger partial charge in [-0.05, 0) is 74.6 Å². The summed E-state index contributed by atoms with van der Waals surface area (Å²) in [6, 6.07) is 5.93. The highest BCUT2D eigenvalue weighted by Gasteiger charge is 2.27. The molecule has 2 aliphatic heterocycles. The maximum Gasteiger partial charge on any atom is 0.221 e. The number of hydrogen-bond donors (Lipinski definition) is 2. The molecule has 0 unspecified atom stereocenters. The van der Waals surface area contributed by atoms with E-state index < -0.39 is 0 Å². The maximum atomic E-state index is 13.7. The predicted octanol–water partition coefficient (Wildman–Crippen LogP) is 6.51. The Hall–Kier alpha value is -3.71. The van der Waals surface area contributed by atoms with Gasteiger partial charge in [0, 0.05) is 54.6 Å². The maximum absolute atomic E-state index is 13.7. The minimum atomic E-state index is -0.162. The zero-order valence-corrected chi connectivity index (χ0v) is 23.4. The fraction of sp³-hybridized carbons (Fsp3) is 0.375. The number of nitrogens with two attached hydrogens (primary N) is 1. The molecular weight excluding hydrogens is 489 g/mol. The van der Waals surface area contributed by atoms with Gasteiger partial charge in [-0.3, -0.25) is 4.90 Å². The predicted molar refractivity (Wildman–Crippen MR) is 160 cm³/mol. The molecular formula is C32H38FN5O. The van der Waals surface area contributed by atoms with Crippen molar-refractivity contribution in [3.8, 4) is 5.75 Å². The van der Waals surface area contributed by atoms with Crippen LogP contribution in [0.15, 0.2) is 69.6 Å². The Balaban J connectivity index is 1.54. The van der Waals surface area contributed by atoms with Crippen LogP contribution < -0.4 is 5.73 Å². The van der Waals surface area contributed by atoms with Crippen molar-refractivity contribution in [2.75, 3.05) is 32.7 Å². The molecule has 2 heterocycles. The number of piperazine rings is 1. The number of guanidine groups is 1. The molecule has 1 aliphatic carbocycles. The SMILES string of the molecule is CCCN1CCN(/C(C)=C/C=C(C)c2cccc3c(O)c4c(C)c(c23)N=C(N)N=C4C2=CC=C(F)CC2)CC1. The fourth-order valence-electron chi connectivity index (χ4n) is 5.81. The van der Waals surface area contributed by atoms with Gasteiger partial charge >= 0.3 is 0 Å². The lowest BCUT2D eigenvalue weighted by Crippen LogP contribution is -2.45. The van der Waals surface area contributed by atoms with Gasteiger partial charge in [0.2, 0.25) is 5.96 Å². The molecule has 7 heteroatoms. The quantitative estimate of drug-likeness (QED) is 0.420. The summed E-state index contributed by atoms with van der Waals surface area (Å²) in [5, 5.41) is 13.1. The van der Waals surface area contributed by atoms with Crippen molar-refractivity contribution in [1.82, 2.24) is 9.80 Å². The Bertz CT molecular complexity index is 1490. The first-order chi connectivity index (χ1) is 18.8. The first-order valence-corrected chi connectivity index (χ1v) is 13.9. The number of benzene rings is 2. The first-order valence-electron chi connectivity index (χ1n) is 13.9. The molecule has 3 N–H and O–H groups in total. The van der Waals surface area contributed by atoms with Crippen LogP contribution in [0.2, 0.25) is 0 Å². The third-order valence-electron chi connectivity index (χ3n) is 8.03. The van der Waals surface area contributed by atoms with Crippen LogP contribution in [0.25, 0.3) is 16.3 Å². The number of nitrogens with zero attached hydrogens (tertiary/aromatic N) is 4. The van der Waals surface area contributed by atoms with Crippen molar-refractivity contribution in [2.45, 2.75) is 47.0 Å². The van der Waals surface area contributed by atoms with Crippen LogP contribution in [-0.4, -0.2) is 59.3 Å². The zero-order chi connectivity index (χ0) is 27.7. The Labute approximate surface area is 230 Å². The number of rotatable bonds is 6. The van der Waals surface area contributed by atoms with Crippen molar-refractivity contribution in [2.24, 2.45) is 15.7 Å². The van der Waals surface area contributed by atoms with E-state index in [1.807, 2.05) is 19.1 Å². The Morgan fingerprint density at radius 1 is 1.08 bits per heavy atom. The second-order valence-electron chi connectivity index (χ2n) is 10.6. The number of phenols is 1. The molecule has 204 valence electrons. The first kappa shape index (κ1) is 26.9. The number of aromatic hydroxyl groups is 1. The average Bonchev–Trinajstić information content (AvgIpc) is 3.03. The van der Waals surface area contributed by atoms with Crippen LogP contribution in [0.5, 0.6) is 5.75 Å². The van der Waals surface area contributed by atoms with Gasteiger partial charge in [-0.1, -0.05) is 37.3 Å². The molecule has 0 radical (unpaired) electrons. The van der Waals surface area contributed by atoms with Crippen LogP contribution in [0.4, 0.5) is 10.1 Å². The molecule has 0 saturated carbocycles. The van der Waals surface area contributed by atoms with E-state index in [0.717, 1.165) is 53.8 Å². The number of hydrogen-bond acceptors (Lipinski definition) is 6. The molecule has 39 heavy (non-hydrogen) atoms. The largest absolute Gasteiger partial charge is 0.507 e. The third-order valence-corrected chi connectivity index (χ3v) is 8.03. The van der Waals surface area contributed by atoms with Crippen molar-refractivity contribution in [3.63, 3.8) is 0 Å². The zero-order valence-electron chi connectivity index (χ0n) is 23.4. The lowest BCUT2D eigenvalue weighted by Gasteiger charge is -2.36. The topological polar surface area (TPSA) is 77.5 Å². The van der Waals surface area contributed by atoms with Crippen LogP contribution >= 0.6 is 0 Å². The lowest BCUT2D eigenvalue weighted by atomic mass is 9.87. The van der Waals surface area contributed by atoms with E-state index in [4.69, 9.17) is 10.7 Å². The highest BCUT2D eigenvalue weighted by Crippen LogP contribution is 2.45. The summed E-state index contributed by atoms with van der Waals surface area (Å²) in [6.07, 6.45) is 9.50. The molecule has 0 spiro atoms. The molecule has 1 fully saturated rings. The summed E-state index contributed by atoms with van der Waals surface area (Å²) in [6.45, 7) is 13.9. The molecule has 6 nitrogen and oxygen atoms in total. The number of aliphatic imine (C=N–C) groups is 2. The van der Waals surface area contributed by atoms with Crippen LogP contribution in [0.1, 0.15) is 56.7 Å². The number of fused-ring (bicyclic) bond motifs is 4. The van der Waals surface area contributed by atoms with Crippen LogP contribution in [0, 0.1) is 6.92 Å². The van der Waals surface area contributed by atoms with Crippen LogP contribution in [0.3, 0.4) is 0 Å². The third kappa shape index (κ3) is 5.28. The highest BCUT2D eigenvalue weighted by molar-refractivity contribution is 6.24. The molecule has 0 aromatic heterocycles. The van der Waals surface area contributed by atoms with Gasteiger partial charge in [-0.25, -0.2) is 14.4 Å². The normalized spacial score (nSPS) is 18.9. The van der Waals surface area contributed by atoms with E-state index >= 15 is 0 Å². The highest BCUT2D eigenvalue weighted by atomic mass is 19.1. The number of allylic oxidation sites excluding steroid dienone is 8. The Morgan fingerprint density at radius 3 is 2.54 bits per heavy atom. The summed E-state index contributed by atoms with van der Waals surface area (Å²) < 4.78 is 13.7. The van der Waals surface area contributed by atoms with Gasteiger partial charge in [0.15, 0.2) is 0 Å². The van der Waals surface area contributed by atoms with Gasteiger partial charge in [-0.15, -0.1) is 0 Å². The summed E-state index contributed by atoms with van der Waals surface area (Å²) in [7, 11) is 0. The lowest BCUT2D eigenvalue weighted by molar-refractivity contribution is 0.159. The molecule has 0 atom stereocenters. The van der Waals surface area contributed by atoms with E-state index in [9.17, 15) is 9.50 Å². The average molecular weight is 528 g/mol. The van der Waals surface area contributed by atoms with E-state index in [1.165, 1.54) is 24.7 Å². The molecule has 5 rings (SSSR count). The van der Waals surface area contributed by atoms with E-state index in [-0.39, 0.29) is 17.5 Å². The van der Waals surface area contributed by atoms with Crippen molar-refractivity contribution in [3.05, 3.63) is 76.3 Å². The summed E-state index contributed by atoms with van der Waals surface area (Å²) in [5.74, 6) is 0.113. The standard InChI is InChI=1S/C32H38FN5O/c1-5-15-37-16-18-38(19-17-37)21(3)10-9-20(2)25-7-6-8-26-28(25)29-22(4)27(31(26)39)30(36-32(34)35-29)23-11-13-24(33)14-12-23/h6-11,13,39H,5,12,14-19H2,1-4H3,(H2,34,35)/b20-9?,21-10+. The number of phenolic OH excluding ortho intramolecular Hbond substituents is 1. The van der Waals surface area contributed by atoms with Gasteiger partial charge in [0.25, 0.3) is 0 Å². The van der Waals surface area contributed by atoms with Gasteiger partial charge in [0.05, 0.1) is 11.4 Å². The van der Waals surface area contributed by atoms with Gasteiger partial charge in [-0.2, -0.15) is 0 Å². The second-order valence-corrected chi connectivity index (χ2v) is 10.6. The van der Waals surface area contributed by atoms with E-state index in [2.05, 4.69) is 53.8 Å². The fourth-order valence-corrected chi connectivity index (χ4v) is 5.81. The summed E-state index contributed by atoms with van der Waals surface area (Å²) in [5.41, 5.74) is 13.1. The van der Waals surface area contributed by atoms with Gasteiger partial charge in [0.1, 0.15) is 11.6 Å². The summed E-state index contributed by atoms with van der Waals surface area (Å²) in [4.78, 5) is 14.3. The summed E-state index contributed by atoms with van der Waals surface area (Å²) >= 11 is 0. The smallest absolute Gasteiger partial charge is 0.221 e. The van der Waals surface area contributed by atoms with Crippen LogP contribution in [-0.2, 0) is 0 Å². The van der Waals surface area contributed by atoms with E-state index in [0.29, 0.717) is 35.2 Å². The second kappa shape index (κ2) is 11.2. The molecule has 2 aromatic rings. The van der Waals surface area contributed by atoms with Crippen molar-refractivity contribution < 1.29 is 9.50 Å². The van der Waals surface area contributed by atoms with Crippen molar-refractivity contribution in [1.29, 1.82) is 0 Å². The van der Waals surface area contributed by atoms with Gasteiger partial charge < -0.3 is 15.7 Å². The molecule has 2 bridgehead atoms. The Kier molecular flexibility index (Phi) is 7.71. The minimum absolute atomic E-state index is 0.125. The molecule has 1 saturated heterocycles. The molecule has 2 aromatic carbocycles.